The summed E-state index contributed by atoms with van der Waals surface area (Å²) in [5.74, 6) is 0.526. The third-order valence-electron chi connectivity index (χ3n) is 4.42. The van der Waals surface area contributed by atoms with Crippen molar-refractivity contribution in [1.82, 2.24) is 25.1 Å². The van der Waals surface area contributed by atoms with Crippen molar-refractivity contribution < 1.29 is 8.42 Å². The van der Waals surface area contributed by atoms with Crippen molar-refractivity contribution in [2.75, 3.05) is 24.7 Å². The molecular formula is C16H25ClN6O2S. The lowest BCUT2D eigenvalue weighted by Gasteiger charge is -2.24. The fraction of sp³-hybridized carbons (Fsp3) is 0.562. The van der Waals surface area contributed by atoms with E-state index >= 15 is 0 Å². The number of piperidine rings is 1. The minimum atomic E-state index is -3.36. The summed E-state index contributed by atoms with van der Waals surface area (Å²) in [6.45, 7) is 4.19. The summed E-state index contributed by atoms with van der Waals surface area (Å²) in [6, 6.07) is 0. The SMILES string of the molecule is Cc1nn(C)cc1CNc1ncc(S(C)(=O)=O)c(C2CCCNC2)n1.Cl. The molecule has 0 bridgehead atoms. The number of hydrogen-bond donors (Lipinski definition) is 2. The summed E-state index contributed by atoms with van der Waals surface area (Å²) in [4.78, 5) is 8.98. The first kappa shape index (κ1) is 20.6. The number of hydrogen-bond acceptors (Lipinski definition) is 7. The maximum absolute atomic E-state index is 12.1. The zero-order valence-corrected chi connectivity index (χ0v) is 16.8. The highest BCUT2D eigenvalue weighted by atomic mass is 35.5. The molecule has 3 heterocycles. The van der Waals surface area contributed by atoms with Gasteiger partial charge in [-0.3, -0.25) is 4.68 Å². The van der Waals surface area contributed by atoms with Gasteiger partial charge in [-0.25, -0.2) is 18.4 Å². The fourth-order valence-corrected chi connectivity index (χ4v) is 3.97. The van der Waals surface area contributed by atoms with E-state index in [-0.39, 0.29) is 23.2 Å². The molecule has 26 heavy (non-hydrogen) atoms. The van der Waals surface area contributed by atoms with Gasteiger partial charge in [-0.1, -0.05) is 0 Å². The van der Waals surface area contributed by atoms with Gasteiger partial charge in [0.25, 0.3) is 0 Å². The van der Waals surface area contributed by atoms with Gasteiger partial charge in [-0.15, -0.1) is 12.4 Å². The molecule has 1 aliphatic heterocycles. The lowest BCUT2D eigenvalue weighted by atomic mass is 9.96. The number of aromatic nitrogens is 4. The molecule has 1 unspecified atom stereocenters. The van der Waals surface area contributed by atoms with Crippen LogP contribution in [0.4, 0.5) is 5.95 Å². The van der Waals surface area contributed by atoms with E-state index in [1.807, 2.05) is 20.2 Å². The van der Waals surface area contributed by atoms with Crippen molar-refractivity contribution in [2.24, 2.45) is 7.05 Å². The standard InChI is InChI=1S/C16H24N6O2S.ClH/c1-11-13(10-22(2)21-11)8-18-16-19-9-14(25(3,23)24)15(20-16)12-5-4-6-17-7-12;/h9-10,12,17H,4-8H2,1-3H3,(H,18,19,20);1H. The Balaban J connectivity index is 0.00000243. The van der Waals surface area contributed by atoms with Crippen molar-refractivity contribution in [1.29, 1.82) is 0 Å². The first-order valence-corrected chi connectivity index (χ1v) is 10.2. The first-order valence-electron chi connectivity index (χ1n) is 8.35. The molecule has 0 spiro atoms. The molecule has 2 aromatic heterocycles. The van der Waals surface area contributed by atoms with E-state index in [4.69, 9.17) is 0 Å². The smallest absolute Gasteiger partial charge is 0.223 e. The number of anilines is 1. The fourth-order valence-electron chi connectivity index (χ4n) is 3.13. The van der Waals surface area contributed by atoms with Gasteiger partial charge in [-0.05, 0) is 26.3 Å². The lowest BCUT2D eigenvalue weighted by molar-refractivity contribution is 0.448. The Hall–Kier alpha value is -1.71. The maximum atomic E-state index is 12.1. The molecule has 0 aromatic carbocycles. The third kappa shape index (κ3) is 4.72. The number of aryl methyl sites for hydroxylation is 2. The summed E-state index contributed by atoms with van der Waals surface area (Å²) < 4.78 is 26.0. The van der Waals surface area contributed by atoms with E-state index in [0.717, 1.165) is 37.2 Å². The van der Waals surface area contributed by atoms with Gasteiger partial charge in [0.1, 0.15) is 4.90 Å². The van der Waals surface area contributed by atoms with E-state index < -0.39 is 9.84 Å². The summed E-state index contributed by atoms with van der Waals surface area (Å²) in [7, 11) is -1.49. The molecule has 10 heteroatoms. The van der Waals surface area contributed by atoms with Crippen LogP contribution < -0.4 is 10.6 Å². The molecule has 0 amide bonds. The molecule has 0 saturated carbocycles. The summed E-state index contributed by atoms with van der Waals surface area (Å²) in [6.07, 6.45) is 6.50. The van der Waals surface area contributed by atoms with Crippen LogP contribution in [0.15, 0.2) is 17.3 Å². The summed E-state index contributed by atoms with van der Waals surface area (Å²) in [5.41, 5.74) is 2.61. The Morgan fingerprint density at radius 2 is 2.19 bits per heavy atom. The molecule has 1 aliphatic rings. The second-order valence-electron chi connectivity index (χ2n) is 6.53. The maximum Gasteiger partial charge on any atom is 0.223 e. The Labute approximate surface area is 160 Å². The van der Waals surface area contributed by atoms with Crippen LogP contribution in [0.1, 0.15) is 35.7 Å². The van der Waals surface area contributed by atoms with Gasteiger partial charge in [0, 0.05) is 44.1 Å². The molecule has 8 nitrogen and oxygen atoms in total. The Kier molecular flexibility index (Phi) is 6.59. The van der Waals surface area contributed by atoms with Crippen LogP contribution in [-0.2, 0) is 23.4 Å². The molecule has 1 saturated heterocycles. The second-order valence-corrected chi connectivity index (χ2v) is 8.51. The lowest BCUT2D eigenvalue weighted by Crippen LogP contribution is -2.30. The number of halogens is 1. The predicted molar refractivity (Wildman–Crippen MR) is 103 cm³/mol. The van der Waals surface area contributed by atoms with E-state index in [9.17, 15) is 8.42 Å². The number of nitrogens with one attached hydrogen (secondary N) is 2. The van der Waals surface area contributed by atoms with Crippen LogP contribution in [0.3, 0.4) is 0 Å². The van der Waals surface area contributed by atoms with Crippen molar-refractivity contribution in [3.05, 3.63) is 29.3 Å². The quantitative estimate of drug-likeness (QED) is 0.782. The number of sulfone groups is 1. The Morgan fingerprint density at radius 1 is 1.42 bits per heavy atom. The van der Waals surface area contributed by atoms with Crippen LogP contribution >= 0.6 is 12.4 Å². The summed E-state index contributed by atoms with van der Waals surface area (Å²) >= 11 is 0. The van der Waals surface area contributed by atoms with E-state index in [1.54, 1.807) is 4.68 Å². The first-order chi connectivity index (χ1) is 11.8. The molecule has 0 aliphatic carbocycles. The van der Waals surface area contributed by atoms with Crippen LogP contribution in [0.2, 0.25) is 0 Å². The Morgan fingerprint density at radius 3 is 2.77 bits per heavy atom. The van der Waals surface area contributed by atoms with Gasteiger partial charge in [-0.2, -0.15) is 5.10 Å². The largest absolute Gasteiger partial charge is 0.350 e. The van der Waals surface area contributed by atoms with Gasteiger partial charge in [0.15, 0.2) is 9.84 Å². The molecular weight excluding hydrogens is 376 g/mol. The van der Waals surface area contributed by atoms with Gasteiger partial charge < -0.3 is 10.6 Å². The van der Waals surface area contributed by atoms with Crippen molar-refractivity contribution in [2.45, 2.75) is 37.1 Å². The number of nitrogens with zero attached hydrogens (tertiary/aromatic N) is 4. The Bertz CT molecular complexity index is 862. The molecule has 0 radical (unpaired) electrons. The van der Waals surface area contributed by atoms with Gasteiger partial charge in [0.05, 0.1) is 17.6 Å². The average molecular weight is 401 g/mol. The molecule has 3 rings (SSSR count). The molecule has 1 atom stereocenters. The van der Waals surface area contributed by atoms with E-state index in [2.05, 4.69) is 25.7 Å². The minimum Gasteiger partial charge on any atom is -0.350 e. The highest BCUT2D eigenvalue weighted by Crippen LogP contribution is 2.28. The normalized spacial score (nSPS) is 17.6. The third-order valence-corrected chi connectivity index (χ3v) is 5.53. The molecule has 144 valence electrons. The second kappa shape index (κ2) is 8.32. The van der Waals surface area contributed by atoms with Crippen LogP contribution in [0, 0.1) is 6.92 Å². The molecule has 2 N–H and O–H groups in total. The van der Waals surface area contributed by atoms with E-state index in [0.29, 0.717) is 18.2 Å². The predicted octanol–water partition coefficient (Wildman–Crippen LogP) is 1.42. The van der Waals surface area contributed by atoms with Gasteiger partial charge in [0.2, 0.25) is 5.95 Å². The molecule has 2 aromatic rings. The monoisotopic (exact) mass is 400 g/mol. The minimum absolute atomic E-state index is 0. The molecule has 1 fully saturated rings. The zero-order chi connectivity index (χ0) is 18.0. The van der Waals surface area contributed by atoms with E-state index in [1.165, 1.54) is 12.5 Å². The topological polar surface area (TPSA) is 102 Å². The highest BCUT2D eigenvalue weighted by Gasteiger charge is 2.25. The van der Waals surface area contributed by atoms with Crippen molar-refractivity contribution >= 4 is 28.2 Å². The average Bonchev–Trinajstić information content (AvgIpc) is 2.90. The van der Waals surface area contributed by atoms with Crippen LogP contribution in [0.5, 0.6) is 0 Å². The van der Waals surface area contributed by atoms with Crippen LogP contribution in [-0.4, -0.2) is 47.5 Å². The van der Waals surface area contributed by atoms with Crippen LogP contribution in [0.25, 0.3) is 0 Å². The highest BCUT2D eigenvalue weighted by molar-refractivity contribution is 7.90. The number of rotatable bonds is 5. The van der Waals surface area contributed by atoms with Crippen molar-refractivity contribution in [3.63, 3.8) is 0 Å². The zero-order valence-electron chi connectivity index (χ0n) is 15.2. The van der Waals surface area contributed by atoms with Gasteiger partial charge >= 0.3 is 0 Å². The van der Waals surface area contributed by atoms with Crippen molar-refractivity contribution in [3.8, 4) is 0 Å². The summed E-state index contributed by atoms with van der Waals surface area (Å²) in [5, 5.41) is 10.8.